The van der Waals surface area contributed by atoms with Gasteiger partial charge in [-0.15, -0.1) is 0 Å². The molecule has 3 rings (SSSR count). The topological polar surface area (TPSA) is 80.3 Å². The lowest BCUT2D eigenvalue weighted by Crippen LogP contribution is -2.45. The maximum Gasteiger partial charge on any atom is 0.416 e. The highest BCUT2D eigenvalue weighted by Gasteiger charge is 2.32. The van der Waals surface area contributed by atoms with Crippen LogP contribution in [0.25, 0.3) is 0 Å². The van der Waals surface area contributed by atoms with Crippen LogP contribution in [-0.4, -0.2) is 29.4 Å². The Morgan fingerprint density at radius 1 is 1.29 bits per heavy atom. The predicted molar refractivity (Wildman–Crippen MR) is 94.0 cm³/mol. The number of aromatic nitrogens is 1. The molecule has 1 aliphatic rings. The van der Waals surface area contributed by atoms with Crippen molar-refractivity contribution in [2.75, 3.05) is 6.54 Å². The van der Waals surface area contributed by atoms with Crippen LogP contribution < -0.4 is 15.4 Å². The molecule has 0 saturated carbocycles. The van der Waals surface area contributed by atoms with E-state index in [0.717, 1.165) is 18.2 Å². The minimum absolute atomic E-state index is 0.0560. The first-order chi connectivity index (χ1) is 13.2. The number of nitrogens with one attached hydrogen (secondary N) is 2. The molecule has 2 N–H and O–H groups in total. The molecule has 1 atom stereocenters. The van der Waals surface area contributed by atoms with Crippen molar-refractivity contribution < 1.29 is 27.5 Å². The number of rotatable bonds is 4. The second-order valence-electron chi connectivity index (χ2n) is 6.46. The van der Waals surface area contributed by atoms with E-state index < -0.39 is 23.7 Å². The van der Waals surface area contributed by atoms with Gasteiger partial charge in [-0.2, -0.15) is 13.2 Å². The van der Waals surface area contributed by atoms with Crippen LogP contribution in [-0.2, 0) is 11.0 Å². The van der Waals surface area contributed by atoms with Crippen LogP contribution in [0.4, 0.5) is 13.2 Å². The summed E-state index contributed by atoms with van der Waals surface area (Å²) in [6.45, 7) is 2.18. The van der Waals surface area contributed by atoms with Gasteiger partial charge in [0, 0.05) is 24.7 Å². The lowest BCUT2D eigenvalue weighted by Gasteiger charge is -2.23. The monoisotopic (exact) mass is 393 g/mol. The maximum absolute atomic E-state index is 13.1. The number of piperidine rings is 1. The van der Waals surface area contributed by atoms with Gasteiger partial charge < -0.3 is 15.4 Å². The molecule has 0 spiro atoms. The van der Waals surface area contributed by atoms with Crippen LogP contribution in [0.2, 0.25) is 0 Å². The van der Waals surface area contributed by atoms with E-state index >= 15 is 0 Å². The average Bonchev–Trinajstić information content (AvgIpc) is 2.63. The van der Waals surface area contributed by atoms with Gasteiger partial charge in [-0.3, -0.25) is 14.6 Å². The maximum atomic E-state index is 13.1. The number of carbonyl (C=O) groups excluding carboxylic acids is 2. The Morgan fingerprint density at radius 3 is 2.71 bits per heavy atom. The summed E-state index contributed by atoms with van der Waals surface area (Å²) < 4.78 is 44.8. The van der Waals surface area contributed by atoms with Crippen LogP contribution >= 0.6 is 0 Å². The molecule has 2 heterocycles. The Kier molecular flexibility index (Phi) is 5.53. The average molecular weight is 393 g/mol. The summed E-state index contributed by atoms with van der Waals surface area (Å²) in [6.07, 6.45) is -2.57. The first kappa shape index (κ1) is 19.7. The number of aryl methyl sites for hydroxylation is 1. The fourth-order valence-corrected chi connectivity index (χ4v) is 2.78. The number of hydrogen-bond donors (Lipinski definition) is 2. The third-order valence-corrected chi connectivity index (χ3v) is 4.25. The summed E-state index contributed by atoms with van der Waals surface area (Å²) >= 11 is 0. The van der Waals surface area contributed by atoms with E-state index in [0.29, 0.717) is 18.7 Å². The molecule has 0 aliphatic carbocycles. The normalized spacial score (nSPS) is 17.0. The van der Waals surface area contributed by atoms with Crippen molar-refractivity contribution in [3.63, 3.8) is 0 Å². The van der Waals surface area contributed by atoms with Crippen molar-refractivity contribution in [2.45, 2.75) is 32.0 Å². The molecule has 28 heavy (non-hydrogen) atoms. The molecule has 1 fully saturated rings. The lowest BCUT2D eigenvalue weighted by atomic mass is 10.0. The van der Waals surface area contributed by atoms with E-state index in [1.807, 2.05) is 0 Å². The van der Waals surface area contributed by atoms with Crippen molar-refractivity contribution >= 4 is 11.8 Å². The number of benzene rings is 1. The smallest absolute Gasteiger partial charge is 0.416 e. The number of carbonyl (C=O) groups is 2. The first-order valence-electron chi connectivity index (χ1n) is 8.61. The molecule has 148 valence electrons. The van der Waals surface area contributed by atoms with Gasteiger partial charge in [0.15, 0.2) is 0 Å². The third kappa shape index (κ3) is 4.79. The minimum Gasteiger partial charge on any atom is -0.455 e. The van der Waals surface area contributed by atoms with Crippen LogP contribution in [0.15, 0.2) is 36.5 Å². The second kappa shape index (κ2) is 7.87. The van der Waals surface area contributed by atoms with Gasteiger partial charge >= 0.3 is 6.18 Å². The molecule has 1 saturated heterocycles. The van der Waals surface area contributed by atoms with E-state index in [-0.39, 0.29) is 29.4 Å². The fraction of sp³-hybridized carbons (Fsp3) is 0.316. The summed E-state index contributed by atoms with van der Waals surface area (Å²) in [6, 6.07) is 5.47. The molecule has 6 nitrogen and oxygen atoms in total. The Balaban J connectivity index is 1.88. The van der Waals surface area contributed by atoms with Crippen molar-refractivity contribution in [2.24, 2.45) is 0 Å². The molecular formula is C19H18F3N3O3. The SMILES string of the molecule is Cc1ccc(Oc2cc(C(F)(F)F)ccc2C(=O)NC2CCNC(=O)C2)cn1. The second-order valence-corrected chi connectivity index (χ2v) is 6.46. The summed E-state index contributed by atoms with van der Waals surface area (Å²) in [7, 11) is 0. The first-order valence-corrected chi connectivity index (χ1v) is 8.61. The molecule has 1 aromatic heterocycles. The third-order valence-electron chi connectivity index (χ3n) is 4.25. The highest BCUT2D eigenvalue weighted by molar-refractivity contribution is 5.97. The van der Waals surface area contributed by atoms with Crippen LogP contribution in [0.3, 0.4) is 0 Å². The van der Waals surface area contributed by atoms with Gasteiger partial charge in [0.2, 0.25) is 5.91 Å². The van der Waals surface area contributed by atoms with Gasteiger partial charge in [-0.25, -0.2) is 0 Å². The van der Waals surface area contributed by atoms with Crippen LogP contribution in [0.1, 0.15) is 34.5 Å². The molecule has 0 radical (unpaired) electrons. The van der Waals surface area contributed by atoms with Gasteiger partial charge in [0.1, 0.15) is 11.5 Å². The van der Waals surface area contributed by atoms with Crippen LogP contribution in [0, 0.1) is 6.92 Å². The molecule has 1 aliphatic heterocycles. The molecule has 1 aromatic carbocycles. The van der Waals surface area contributed by atoms with Gasteiger partial charge in [-0.05, 0) is 43.7 Å². The number of hydrogen-bond acceptors (Lipinski definition) is 4. The van der Waals surface area contributed by atoms with Gasteiger partial charge in [0.05, 0.1) is 17.3 Å². The molecular weight excluding hydrogens is 375 g/mol. The van der Waals surface area contributed by atoms with Crippen molar-refractivity contribution in [3.8, 4) is 11.5 Å². The Hall–Kier alpha value is -3.10. The zero-order chi connectivity index (χ0) is 20.3. The number of nitrogens with zero attached hydrogens (tertiary/aromatic N) is 1. The molecule has 2 aromatic rings. The molecule has 0 bridgehead atoms. The number of alkyl halides is 3. The number of amides is 2. The predicted octanol–water partition coefficient (Wildman–Crippen LogP) is 3.21. The van der Waals surface area contributed by atoms with E-state index in [4.69, 9.17) is 4.74 Å². The number of ether oxygens (including phenoxy) is 1. The van der Waals surface area contributed by atoms with E-state index in [1.165, 1.54) is 6.20 Å². The Bertz CT molecular complexity index is 882. The molecule has 9 heteroatoms. The molecule has 1 unspecified atom stereocenters. The standard InChI is InChI=1S/C19H18F3N3O3/c1-11-2-4-14(10-24-11)28-16-8-12(19(20,21)22)3-5-15(16)18(27)25-13-6-7-23-17(26)9-13/h2-5,8,10,13H,6-7,9H2,1H3,(H,23,26)(H,25,27). The van der Waals surface area contributed by atoms with Crippen molar-refractivity contribution in [3.05, 3.63) is 53.3 Å². The zero-order valence-electron chi connectivity index (χ0n) is 15.0. The molecule has 2 amide bonds. The number of halogens is 3. The quantitative estimate of drug-likeness (QED) is 0.836. The van der Waals surface area contributed by atoms with Gasteiger partial charge in [-0.1, -0.05) is 0 Å². The van der Waals surface area contributed by atoms with E-state index in [1.54, 1.807) is 19.1 Å². The summed E-state index contributed by atoms with van der Waals surface area (Å²) in [4.78, 5) is 28.1. The van der Waals surface area contributed by atoms with E-state index in [9.17, 15) is 22.8 Å². The summed E-state index contributed by atoms with van der Waals surface area (Å²) in [5, 5.41) is 5.33. The largest absolute Gasteiger partial charge is 0.455 e. The lowest BCUT2D eigenvalue weighted by molar-refractivity contribution is -0.137. The Labute approximate surface area is 159 Å². The van der Waals surface area contributed by atoms with Crippen molar-refractivity contribution in [1.29, 1.82) is 0 Å². The van der Waals surface area contributed by atoms with E-state index in [2.05, 4.69) is 15.6 Å². The van der Waals surface area contributed by atoms with Crippen LogP contribution in [0.5, 0.6) is 11.5 Å². The zero-order valence-corrected chi connectivity index (χ0v) is 15.0. The highest BCUT2D eigenvalue weighted by Crippen LogP contribution is 2.35. The Morgan fingerprint density at radius 2 is 2.07 bits per heavy atom. The number of pyridine rings is 1. The minimum atomic E-state index is -4.58. The summed E-state index contributed by atoms with van der Waals surface area (Å²) in [5.74, 6) is -0.830. The van der Waals surface area contributed by atoms with Gasteiger partial charge in [0.25, 0.3) is 5.91 Å². The fourth-order valence-electron chi connectivity index (χ4n) is 2.78. The van der Waals surface area contributed by atoms with Crippen molar-refractivity contribution in [1.82, 2.24) is 15.6 Å². The highest BCUT2D eigenvalue weighted by atomic mass is 19.4. The summed E-state index contributed by atoms with van der Waals surface area (Å²) in [5.41, 5.74) is -0.277.